The molecule has 0 saturated heterocycles. The lowest BCUT2D eigenvalue weighted by atomic mass is 9.89. The van der Waals surface area contributed by atoms with Gasteiger partial charge >= 0.3 is 0 Å². The lowest BCUT2D eigenvalue weighted by Crippen LogP contribution is -2.24. The number of aromatic nitrogens is 2. The van der Waals surface area contributed by atoms with Crippen LogP contribution in [0.5, 0.6) is 0 Å². The molecule has 2 aliphatic rings. The van der Waals surface area contributed by atoms with Gasteiger partial charge in [0.25, 0.3) is 5.78 Å². The van der Waals surface area contributed by atoms with E-state index in [1.807, 2.05) is 13.8 Å². The Balaban J connectivity index is 1.92. The number of ketones is 2. The van der Waals surface area contributed by atoms with E-state index in [1.165, 1.54) is 10.6 Å². The molecule has 1 amide bonds. The Morgan fingerprint density at radius 1 is 1.18 bits per heavy atom. The minimum atomic E-state index is -0.717. The zero-order valence-corrected chi connectivity index (χ0v) is 16.0. The fourth-order valence-electron chi connectivity index (χ4n) is 3.46. The predicted molar refractivity (Wildman–Crippen MR) is 103 cm³/mol. The highest BCUT2D eigenvalue weighted by molar-refractivity contribution is 6.52. The molecule has 0 radical (unpaired) electrons. The number of anilines is 1. The van der Waals surface area contributed by atoms with E-state index < -0.39 is 11.6 Å². The van der Waals surface area contributed by atoms with Crippen LogP contribution >= 0.6 is 0 Å². The van der Waals surface area contributed by atoms with Gasteiger partial charge < -0.3 is 5.32 Å². The average molecular weight is 379 g/mol. The number of hydrogen-bond acceptors (Lipinski definition) is 5. The number of imidazole rings is 1. The topological polar surface area (TPSA) is 98.1 Å². The number of nitrogens with one attached hydrogen (secondary N) is 1. The summed E-state index contributed by atoms with van der Waals surface area (Å²) < 4.78 is 1.53. The summed E-state index contributed by atoms with van der Waals surface area (Å²) in [5, 5.41) is 2.70. The quantitative estimate of drug-likeness (QED) is 0.821. The van der Waals surface area contributed by atoms with Crippen LogP contribution < -0.4 is 5.32 Å². The molecule has 2 aliphatic carbocycles. The van der Waals surface area contributed by atoms with Crippen LogP contribution in [0.4, 0.5) is 5.69 Å². The molecular weight excluding hydrogens is 358 g/mol. The second-order valence-electron chi connectivity index (χ2n) is 7.59. The number of rotatable bonds is 4. The van der Waals surface area contributed by atoms with Crippen molar-refractivity contribution in [1.29, 1.82) is 0 Å². The van der Waals surface area contributed by atoms with Crippen LogP contribution in [0.1, 0.15) is 77.4 Å². The summed E-state index contributed by atoms with van der Waals surface area (Å²) in [5.41, 5.74) is 1.57. The van der Waals surface area contributed by atoms with Crippen molar-refractivity contribution in [2.45, 2.75) is 46.0 Å². The molecule has 0 bridgehead atoms. The number of Topliss-reactive ketones (excluding diaryl/α,β-unsaturated/α-hetero) is 2. The Bertz CT molecular complexity index is 1040. The maximum Gasteiger partial charge on any atom is 0.254 e. The Morgan fingerprint density at radius 3 is 2.50 bits per heavy atom. The lowest BCUT2D eigenvalue weighted by molar-refractivity contribution is -0.115. The monoisotopic (exact) mass is 379 g/mol. The third kappa shape index (κ3) is 2.78. The number of carbonyl (C=O) groups is 4. The van der Waals surface area contributed by atoms with Crippen LogP contribution in [-0.4, -0.2) is 32.9 Å². The molecule has 0 atom stereocenters. The largest absolute Gasteiger partial charge is 0.326 e. The van der Waals surface area contributed by atoms with E-state index in [1.54, 1.807) is 19.1 Å². The fraction of sp³-hybridized carbons (Fsp3) is 0.381. The van der Waals surface area contributed by atoms with E-state index in [-0.39, 0.29) is 34.9 Å². The lowest BCUT2D eigenvalue weighted by Gasteiger charge is -2.18. The van der Waals surface area contributed by atoms with Gasteiger partial charge in [0.05, 0.1) is 5.69 Å². The van der Waals surface area contributed by atoms with Crippen LogP contribution in [0.15, 0.2) is 18.2 Å². The molecule has 4 rings (SSSR count). The molecule has 1 heterocycles. The summed E-state index contributed by atoms with van der Waals surface area (Å²) >= 11 is 0. The van der Waals surface area contributed by atoms with Crippen molar-refractivity contribution in [3.63, 3.8) is 0 Å². The van der Waals surface area contributed by atoms with Crippen molar-refractivity contribution < 1.29 is 19.2 Å². The summed E-state index contributed by atoms with van der Waals surface area (Å²) in [6.07, 6.45) is 1.95. The minimum Gasteiger partial charge on any atom is -0.326 e. The summed E-state index contributed by atoms with van der Waals surface area (Å²) in [4.78, 5) is 54.5. The normalized spacial score (nSPS) is 15.4. The molecule has 1 aromatic carbocycles. The molecule has 1 N–H and O–H groups in total. The SMILES string of the molecule is CCC(=O)Nc1ccc2c(c1)C(=O)C(=O)c1nc(C(C)C)n(C(=O)C3CC3)c1-2. The highest BCUT2D eigenvalue weighted by Gasteiger charge is 2.41. The van der Waals surface area contributed by atoms with Crippen molar-refractivity contribution >= 4 is 29.1 Å². The summed E-state index contributed by atoms with van der Waals surface area (Å²) in [6, 6.07) is 4.85. The van der Waals surface area contributed by atoms with Crippen LogP contribution in [0, 0.1) is 5.92 Å². The first-order valence-corrected chi connectivity index (χ1v) is 9.53. The van der Waals surface area contributed by atoms with Crippen molar-refractivity contribution in [2.75, 3.05) is 5.32 Å². The molecule has 144 valence electrons. The second kappa shape index (κ2) is 6.51. The van der Waals surface area contributed by atoms with Gasteiger partial charge in [0.1, 0.15) is 11.5 Å². The van der Waals surface area contributed by atoms with E-state index in [0.717, 1.165) is 12.8 Å². The van der Waals surface area contributed by atoms with Gasteiger partial charge in [0.2, 0.25) is 17.6 Å². The molecule has 1 aromatic heterocycles. The predicted octanol–water partition coefficient (Wildman–Crippen LogP) is 3.45. The number of hydrogen-bond donors (Lipinski definition) is 1. The molecule has 28 heavy (non-hydrogen) atoms. The van der Waals surface area contributed by atoms with E-state index >= 15 is 0 Å². The average Bonchev–Trinajstić information content (AvgIpc) is 3.44. The smallest absolute Gasteiger partial charge is 0.254 e. The molecule has 7 heteroatoms. The van der Waals surface area contributed by atoms with Crippen molar-refractivity contribution in [3.8, 4) is 11.3 Å². The number of nitrogens with zero attached hydrogens (tertiary/aromatic N) is 2. The summed E-state index contributed by atoms with van der Waals surface area (Å²) in [7, 11) is 0. The van der Waals surface area contributed by atoms with Gasteiger partial charge in [-0.05, 0) is 31.0 Å². The molecule has 0 aliphatic heterocycles. The van der Waals surface area contributed by atoms with Gasteiger partial charge in [-0.25, -0.2) is 4.98 Å². The Morgan fingerprint density at radius 2 is 1.89 bits per heavy atom. The molecule has 1 fully saturated rings. The van der Waals surface area contributed by atoms with E-state index in [2.05, 4.69) is 10.3 Å². The number of amides is 1. The van der Waals surface area contributed by atoms with Gasteiger partial charge in [-0.1, -0.05) is 20.8 Å². The maximum atomic E-state index is 13.0. The van der Waals surface area contributed by atoms with Crippen molar-refractivity contribution in [1.82, 2.24) is 9.55 Å². The third-order valence-corrected chi connectivity index (χ3v) is 5.11. The zero-order valence-electron chi connectivity index (χ0n) is 16.0. The minimum absolute atomic E-state index is 0.0422. The molecule has 1 saturated carbocycles. The van der Waals surface area contributed by atoms with Gasteiger partial charge in [0.15, 0.2) is 0 Å². The number of fused-ring (bicyclic) bond motifs is 3. The molecule has 7 nitrogen and oxygen atoms in total. The van der Waals surface area contributed by atoms with Gasteiger partial charge in [-0.3, -0.25) is 23.7 Å². The fourth-order valence-corrected chi connectivity index (χ4v) is 3.46. The number of carbonyl (C=O) groups excluding carboxylic acids is 4. The first-order chi connectivity index (χ1) is 13.3. The Hall–Kier alpha value is -3.09. The van der Waals surface area contributed by atoms with E-state index in [4.69, 9.17) is 0 Å². The van der Waals surface area contributed by atoms with Gasteiger partial charge in [-0.2, -0.15) is 0 Å². The van der Waals surface area contributed by atoms with Crippen LogP contribution in [0.2, 0.25) is 0 Å². The highest BCUT2D eigenvalue weighted by atomic mass is 16.2. The highest BCUT2D eigenvalue weighted by Crippen LogP contribution is 2.40. The summed E-state index contributed by atoms with van der Waals surface area (Å²) in [6.45, 7) is 5.53. The first-order valence-electron chi connectivity index (χ1n) is 9.53. The maximum absolute atomic E-state index is 13.0. The molecule has 0 spiro atoms. The van der Waals surface area contributed by atoms with Crippen LogP contribution in [0.25, 0.3) is 11.3 Å². The molecule has 0 unspecified atom stereocenters. The molecular formula is C21H21N3O4. The van der Waals surface area contributed by atoms with E-state index in [0.29, 0.717) is 29.2 Å². The van der Waals surface area contributed by atoms with Gasteiger partial charge in [-0.15, -0.1) is 0 Å². The second-order valence-corrected chi connectivity index (χ2v) is 7.59. The van der Waals surface area contributed by atoms with Crippen LogP contribution in [0.3, 0.4) is 0 Å². The Labute approximate surface area is 162 Å². The van der Waals surface area contributed by atoms with Crippen molar-refractivity contribution in [2.24, 2.45) is 5.92 Å². The number of benzene rings is 1. The Kier molecular flexibility index (Phi) is 4.25. The van der Waals surface area contributed by atoms with Crippen LogP contribution in [-0.2, 0) is 4.79 Å². The van der Waals surface area contributed by atoms with E-state index in [9.17, 15) is 19.2 Å². The van der Waals surface area contributed by atoms with Gasteiger partial charge in [0, 0.05) is 35.1 Å². The standard InChI is InChI=1S/C21H21N3O4/c1-4-15(25)22-12-7-8-13-14(9-12)18(26)19(27)16-17(13)24(20(23-16)10(2)3)21(28)11-5-6-11/h7-11H,4-6H2,1-3H3,(H,22,25). The summed E-state index contributed by atoms with van der Waals surface area (Å²) in [5.74, 6) is -1.29. The third-order valence-electron chi connectivity index (χ3n) is 5.11. The van der Waals surface area contributed by atoms with Crippen molar-refractivity contribution in [3.05, 3.63) is 35.3 Å². The zero-order chi connectivity index (χ0) is 20.2. The molecule has 2 aromatic rings. The first kappa shape index (κ1) is 18.3.